The van der Waals surface area contributed by atoms with Gasteiger partial charge in [-0.2, -0.15) is 18.3 Å². The van der Waals surface area contributed by atoms with Gasteiger partial charge in [-0.3, -0.25) is 5.10 Å². The molecule has 0 unspecified atom stereocenters. The van der Waals surface area contributed by atoms with Gasteiger partial charge in [-0.15, -0.1) is 0 Å². The second-order valence-electron chi connectivity index (χ2n) is 3.55. The van der Waals surface area contributed by atoms with E-state index in [-0.39, 0.29) is 21.5 Å². The van der Waals surface area contributed by atoms with E-state index in [2.05, 4.69) is 26.1 Å². The summed E-state index contributed by atoms with van der Waals surface area (Å²) in [5, 5.41) is 15.3. The van der Waals surface area contributed by atoms with Crippen molar-refractivity contribution >= 4 is 21.7 Å². The molecule has 0 aliphatic heterocycles. The van der Waals surface area contributed by atoms with Crippen molar-refractivity contribution in [1.29, 1.82) is 0 Å². The van der Waals surface area contributed by atoms with Gasteiger partial charge < -0.3 is 10.8 Å². The first-order valence-electron chi connectivity index (χ1n) is 4.70. The molecule has 4 N–H and O–H groups in total. The third-order valence-electron chi connectivity index (χ3n) is 2.28. The number of nitrogens with one attached hydrogen (secondary N) is 1. The number of anilines is 1. The Morgan fingerprint density at radius 3 is 2.44 bits per heavy atom. The molecule has 0 saturated carbocycles. The number of nitrogens with two attached hydrogens (primary N) is 1. The highest BCUT2D eigenvalue weighted by atomic mass is 79.9. The van der Waals surface area contributed by atoms with Gasteiger partial charge >= 0.3 is 6.18 Å². The lowest BCUT2D eigenvalue weighted by atomic mass is 10.0. The highest BCUT2D eigenvalue weighted by Crippen LogP contribution is 2.41. The first kappa shape index (κ1) is 12.7. The quantitative estimate of drug-likeness (QED) is 0.755. The van der Waals surface area contributed by atoms with Crippen LogP contribution in [-0.2, 0) is 6.18 Å². The number of aromatic nitrogens is 2. The van der Waals surface area contributed by atoms with Gasteiger partial charge in [0.1, 0.15) is 11.6 Å². The largest absolute Gasteiger partial charge is 0.507 e. The molecule has 96 valence electrons. The lowest BCUT2D eigenvalue weighted by Gasteiger charge is -2.13. The molecule has 8 heteroatoms. The minimum atomic E-state index is -4.59. The average molecular weight is 322 g/mol. The summed E-state index contributed by atoms with van der Waals surface area (Å²) >= 11 is 2.97. The number of aromatic amines is 1. The van der Waals surface area contributed by atoms with Crippen LogP contribution in [0.2, 0.25) is 0 Å². The number of halogens is 4. The maximum absolute atomic E-state index is 12.9. The van der Waals surface area contributed by atoms with Crippen LogP contribution in [0.3, 0.4) is 0 Å². The first-order valence-corrected chi connectivity index (χ1v) is 5.49. The average Bonchev–Trinajstić information content (AvgIpc) is 2.67. The molecule has 0 aliphatic rings. The molecule has 0 aliphatic carbocycles. The van der Waals surface area contributed by atoms with E-state index in [0.29, 0.717) is 6.07 Å². The van der Waals surface area contributed by atoms with E-state index < -0.39 is 17.5 Å². The Kier molecular flexibility index (Phi) is 2.97. The summed E-state index contributed by atoms with van der Waals surface area (Å²) < 4.78 is 38.7. The second kappa shape index (κ2) is 4.20. The molecule has 0 radical (unpaired) electrons. The van der Waals surface area contributed by atoms with E-state index >= 15 is 0 Å². The molecule has 1 aromatic carbocycles. The van der Waals surface area contributed by atoms with Crippen LogP contribution in [0.5, 0.6) is 5.75 Å². The predicted molar refractivity (Wildman–Crippen MR) is 62.8 cm³/mol. The zero-order chi connectivity index (χ0) is 13.5. The molecule has 18 heavy (non-hydrogen) atoms. The smallest absolute Gasteiger partial charge is 0.417 e. The lowest BCUT2D eigenvalue weighted by Crippen LogP contribution is -2.07. The fourth-order valence-electron chi connectivity index (χ4n) is 1.49. The number of hydrogen-bond donors (Lipinski definition) is 3. The van der Waals surface area contributed by atoms with E-state index in [9.17, 15) is 18.3 Å². The lowest BCUT2D eigenvalue weighted by molar-refractivity contribution is -0.137. The normalized spacial score (nSPS) is 11.8. The molecule has 1 heterocycles. The monoisotopic (exact) mass is 321 g/mol. The second-order valence-corrected chi connectivity index (χ2v) is 4.41. The Hall–Kier alpha value is -1.70. The molecule has 0 atom stereocenters. The number of phenols is 1. The Morgan fingerprint density at radius 1 is 1.28 bits per heavy atom. The van der Waals surface area contributed by atoms with E-state index in [0.717, 1.165) is 6.07 Å². The molecule has 2 aromatic rings. The number of alkyl halides is 3. The van der Waals surface area contributed by atoms with Gasteiger partial charge in [0, 0.05) is 11.6 Å². The summed E-state index contributed by atoms with van der Waals surface area (Å²) in [5.41, 5.74) is 4.38. The van der Waals surface area contributed by atoms with E-state index in [1.165, 1.54) is 6.07 Å². The number of nitrogen functional groups attached to an aromatic ring is 1. The van der Waals surface area contributed by atoms with Crippen LogP contribution in [0, 0.1) is 0 Å². The van der Waals surface area contributed by atoms with Crippen molar-refractivity contribution < 1.29 is 18.3 Å². The standard InChI is InChI=1S/C10H7BrF3N3O/c11-6-1-4(7-3-9(15)17-16-7)5(2-8(6)18)10(12,13)14/h1-3,18H,(H3,15,16,17). The van der Waals surface area contributed by atoms with Crippen molar-refractivity contribution in [1.82, 2.24) is 10.2 Å². The Morgan fingerprint density at radius 2 is 1.94 bits per heavy atom. The van der Waals surface area contributed by atoms with Crippen molar-refractivity contribution in [3.8, 4) is 17.0 Å². The zero-order valence-corrected chi connectivity index (χ0v) is 10.3. The number of benzene rings is 1. The van der Waals surface area contributed by atoms with Crippen LogP contribution in [0.4, 0.5) is 19.0 Å². The number of H-pyrrole nitrogens is 1. The number of aromatic hydroxyl groups is 1. The van der Waals surface area contributed by atoms with Gasteiger partial charge in [0.2, 0.25) is 0 Å². The summed E-state index contributed by atoms with van der Waals surface area (Å²) in [6.45, 7) is 0. The van der Waals surface area contributed by atoms with Gasteiger partial charge in [0.05, 0.1) is 15.7 Å². The Labute approximate surface area is 108 Å². The molecular weight excluding hydrogens is 315 g/mol. The van der Waals surface area contributed by atoms with Crippen LogP contribution in [0.25, 0.3) is 11.3 Å². The predicted octanol–water partition coefficient (Wildman–Crippen LogP) is 3.15. The van der Waals surface area contributed by atoms with Crippen molar-refractivity contribution in [3.63, 3.8) is 0 Å². The van der Waals surface area contributed by atoms with Crippen LogP contribution in [-0.4, -0.2) is 15.3 Å². The van der Waals surface area contributed by atoms with Crippen molar-refractivity contribution in [3.05, 3.63) is 28.2 Å². The summed E-state index contributed by atoms with van der Waals surface area (Å²) in [6, 6.07) is 3.09. The highest BCUT2D eigenvalue weighted by molar-refractivity contribution is 9.10. The summed E-state index contributed by atoms with van der Waals surface area (Å²) in [4.78, 5) is 0. The molecule has 1 aromatic heterocycles. The molecular formula is C10H7BrF3N3O. The fourth-order valence-corrected chi connectivity index (χ4v) is 1.84. The van der Waals surface area contributed by atoms with Crippen LogP contribution in [0.15, 0.2) is 22.7 Å². The SMILES string of the molecule is Nc1cc(-c2cc(Br)c(O)cc2C(F)(F)F)[nH]n1. The molecule has 0 spiro atoms. The summed E-state index contributed by atoms with van der Waals surface area (Å²) in [7, 11) is 0. The molecule has 0 bridgehead atoms. The van der Waals surface area contributed by atoms with Crippen LogP contribution in [0.1, 0.15) is 5.56 Å². The maximum atomic E-state index is 12.9. The number of rotatable bonds is 1. The zero-order valence-electron chi connectivity index (χ0n) is 8.72. The minimum absolute atomic E-state index is 0.0855. The van der Waals surface area contributed by atoms with E-state index in [1.807, 2.05) is 0 Å². The van der Waals surface area contributed by atoms with Crippen molar-refractivity contribution in [2.45, 2.75) is 6.18 Å². The number of hydrogen-bond acceptors (Lipinski definition) is 3. The maximum Gasteiger partial charge on any atom is 0.417 e. The fraction of sp³-hybridized carbons (Fsp3) is 0.100. The topological polar surface area (TPSA) is 74.9 Å². The van der Waals surface area contributed by atoms with Gasteiger partial charge in [0.25, 0.3) is 0 Å². The highest BCUT2D eigenvalue weighted by Gasteiger charge is 2.35. The van der Waals surface area contributed by atoms with E-state index in [4.69, 9.17) is 5.73 Å². The van der Waals surface area contributed by atoms with Gasteiger partial charge in [-0.1, -0.05) is 0 Å². The van der Waals surface area contributed by atoms with Crippen LogP contribution < -0.4 is 5.73 Å². The van der Waals surface area contributed by atoms with Gasteiger partial charge in [-0.25, -0.2) is 0 Å². The molecule has 0 saturated heterocycles. The minimum Gasteiger partial charge on any atom is -0.507 e. The van der Waals surface area contributed by atoms with Gasteiger partial charge in [0.15, 0.2) is 0 Å². The number of phenolic OH excluding ortho intramolecular Hbond substituents is 1. The summed E-state index contributed by atoms with van der Waals surface area (Å²) in [6.07, 6.45) is -4.59. The molecule has 4 nitrogen and oxygen atoms in total. The molecule has 0 amide bonds. The van der Waals surface area contributed by atoms with Crippen LogP contribution >= 0.6 is 15.9 Å². The van der Waals surface area contributed by atoms with Gasteiger partial charge in [-0.05, 0) is 28.1 Å². The number of nitrogens with zero attached hydrogens (tertiary/aromatic N) is 1. The summed E-state index contributed by atoms with van der Waals surface area (Å²) in [5.74, 6) is -0.402. The molecule has 2 rings (SSSR count). The van der Waals surface area contributed by atoms with Crippen molar-refractivity contribution in [2.75, 3.05) is 5.73 Å². The molecule has 0 fully saturated rings. The van der Waals surface area contributed by atoms with Crippen molar-refractivity contribution in [2.24, 2.45) is 0 Å². The first-order chi connectivity index (χ1) is 8.29. The Balaban J connectivity index is 2.69. The van der Waals surface area contributed by atoms with E-state index in [1.54, 1.807) is 0 Å². The Bertz CT molecular complexity index is 595. The third-order valence-corrected chi connectivity index (χ3v) is 2.92. The third kappa shape index (κ3) is 2.28.